The molecule has 0 unspecified atom stereocenters. The van der Waals surface area contributed by atoms with Crippen molar-refractivity contribution >= 4 is 37.5 Å². The van der Waals surface area contributed by atoms with Gasteiger partial charge in [0, 0.05) is 13.1 Å². The Balaban J connectivity index is 2.32. The molecule has 1 aromatic rings. The van der Waals surface area contributed by atoms with Crippen molar-refractivity contribution in [3.8, 4) is 0 Å². The first-order valence-corrected chi connectivity index (χ1v) is 6.42. The van der Waals surface area contributed by atoms with Gasteiger partial charge in [-0.3, -0.25) is 0 Å². The molecule has 0 bridgehead atoms. The van der Waals surface area contributed by atoms with Gasteiger partial charge in [0.2, 0.25) is 0 Å². The van der Waals surface area contributed by atoms with Gasteiger partial charge in [0.15, 0.2) is 0 Å². The van der Waals surface area contributed by atoms with Crippen LogP contribution in [0.2, 0.25) is 0 Å². The van der Waals surface area contributed by atoms with Crippen LogP contribution in [0.3, 0.4) is 0 Å². The fourth-order valence-electron chi connectivity index (χ4n) is 1.82. The Kier molecular flexibility index (Phi) is 3.33. The van der Waals surface area contributed by atoms with Gasteiger partial charge in [-0.25, -0.2) is 4.98 Å². The smallest absolute Gasteiger partial charge is 0.120 e. The maximum atomic E-state index is 9.49. The molecule has 1 fully saturated rings. The average molecular weight is 336 g/mol. The van der Waals surface area contributed by atoms with E-state index in [1.165, 1.54) is 0 Å². The average Bonchev–Trinajstić information content (AvgIpc) is 2.58. The normalized spacial score (nSPS) is 21.1. The van der Waals surface area contributed by atoms with Gasteiger partial charge in [-0.2, -0.15) is 0 Å². The summed E-state index contributed by atoms with van der Waals surface area (Å²) in [5, 5.41) is 9.49. The Bertz CT molecular complexity index is 384. The van der Waals surface area contributed by atoms with Gasteiger partial charge in [0.1, 0.15) is 4.60 Å². The first-order chi connectivity index (χ1) is 7.08. The third-order valence-electron chi connectivity index (χ3n) is 2.60. The molecule has 2 heterocycles. The highest BCUT2D eigenvalue weighted by molar-refractivity contribution is 9.13. The number of hydrogen-bond acceptors (Lipinski definition) is 3. The molecule has 1 N–H and O–H groups in total. The molecule has 0 aromatic carbocycles. The molecule has 1 aromatic heterocycles. The highest BCUT2D eigenvalue weighted by Gasteiger charge is 2.22. The maximum Gasteiger partial charge on any atom is 0.120 e. The molecule has 0 aliphatic carbocycles. The monoisotopic (exact) mass is 334 g/mol. The highest BCUT2D eigenvalue weighted by atomic mass is 79.9. The van der Waals surface area contributed by atoms with E-state index in [-0.39, 0.29) is 6.10 Å². The van der Waals surface area contributed by atoms with Crippen LogP contribution < -0.4 is 4.90 Å². The number of nitrogens with zero attached hydrogens (tertiary/aromatic N) is 2. The van der Waals surface area contributed by atoms with Crippen molar-refractivity contribution in [3.05, 3.63) is 20.8 Å². The van der Waals surface area contributed by atoms with E-state index in [4.69, 9.17) is 0 Å². The van der Waals surface area contributed by atoms with E-state index in [9.17, 15) is 5.11 Å². The first-order valence-electron chi connectivity index (χ1n) is 4.83. The second-order valence-electron chi connectivity index (χ2n) is 3.75. The van der Waals surface area contributed by atoms with Gasteiger partial charge < -0.3 is 10.0 Å². The second kappa shape index (κ2) is 4.39. The highest BCUT2D eigenvalue weighted by Crippen LogP contribution is 2.30. The quantitative estimate of drug-likeness (QED) is 0.801. The van der Waals surface area contributed by atoms with Crippen LogP contribution >= 0.6 is 31.9 Å². The van der Waals surface area contributed by atoms with Gasteiger partial charge in [0.05, 0.1) is 22.0 Å². The predicted molar refractivity (Wildman–Crippen MR) is 67.2 cm³/mol. The van der Waals surface area contributed by atoms with Crippen LogP contribution in [0.1, 0.15) is 12.1 Å². The molecule has 82 valence electrons. The molecular weight excluding hydrogens is 324 g/mol. The summed E-state index contributed by atoms with van der Waals surface area (Å²) in [4.78, 5) is 6.56. The Morgan fingerprint density at radius 1 is 1.53 bits per heavy atom. The van der Waals surface area contributed by atoms with E-state index in [0.29, 0.717) is 6.54 Å². The molecule has 2 rings (SSSR count). The summed E-state index contributed by atoms with van der Waals surface area (Å²) in [6, 6.07) is 2.05. The van der Waals surface area contributed by atoms with Crippen molar-refractivity contribution in [1.82, 2.24) is 4.98 Å². The van der Waals surface area contributed by atoms with Crippen LogP contribution in [0.4, 0.5) is 5.69 Å². The zero-order chi connectivity index (χ0) is 11.0. The van der Waals surface area contributed by atoms with Crippen molar-refractivity contribution in [3.63, 3.8) is 0 Å². The van der Waals surface area contributed by atoms with E-state index in [2.05, 4.69) is 41.7 Å². The number of halogens is 2. The van der Waals surface area contributed by atoms with Crippen LogP contribution in [0.25, 0.3) is 0 Å². The number of β-amino-alcohol motifs (C(OH)–C–C–N with tert-alkyl or cyclic N) is 1. The molecule has 1 aliphatic heterocycles. The molecule has 0 radical (unpaired) electrons. The fraction of sp³-hybridized carbons (Fsp3) is 0.500. The summed E-state index contributed by atoms with van der Waals surface area (Å²) in [7, 11) is 0. The van der Waals surface area contributed by atoms with Crippen molar-refractivity contribution in [1.29, 1.82) is 0 Å². The zero-order valence-corrected chi connectivity index (χ0v) is 11.5. The second-order valence-corrected chi connectivity index (χ2v) is 5.36. The van der Waals surface area contributed by atoms with Crippen LogP contribution in [0, 0.1) is 6.92 Å². The van der Waals surface area contributed by atoms with Crippen LogP contribution in [0.5, 0.6) is 0 Å². The molecule has 0 saturated carbocycles. The number of hydrogen-bond donors (Lipinski definition) is 1. The summed E-state index contributed by atoms with van der Waals surface area (Å²) >= 11 is 6.82. The van der Waals surface area contributed by atoms with Crippen LogP contribution in [-0.2, 0) is 0 Å². The van der Waals surface area contributed by atoms with Crippen LogP contribution in [-0.4, -0.2) is 29.3 Å². The number of aryl methyl sites for hydroxylation is 1. The molecule has 5 heteroatoms. The Hall–Kier alpha value is -0.130. The van der Waals surface area contributed by atoms with E-state index >= 15 is 0 Å². The third kappa shape index (κ3) is 2.34. The van der Waals surface area contributed by atoms with Crippen molar-refractivity contribution in [2.75, 3.05) is 18.0 Å². The largest absolute Gasteiger partial charge is 0.391 e. The minimum Gasteiger partial charge on any atom is -0.391 e. The van der Waals surface area contributed by atoms with Gasteiger partial charge in [-0.1, -0.05) is 0 Å². The lowest BCUT2D eigenvalue weighted by atomic mass is 10.3. The van der Waals surface area contributed by atoms with E-state index in [1.54, 1.807) is 0 Å². The molecular formula is C10H12Br2N2O. The van der Waals surface area contributed by atoms with E-state index in [0.717, 1.165) is 33.4 Å². The Morgan fingerprint density at radius 3 is 2.87 bits per heavy atom. The van der Waals surface area contributed by atoms with Crippen molar-refractivity contribution < 1.29 is 5.11 Å². The van der Waals surface area contributed by atoms with Gasteiger partial charge >= 0.3 is 0 Å². The number of pyridine rings is 1. The first kappa shape index (κ1) is 11.4. The molecule has 0 amide bonds. The molecule has 3 nitrogen and oxygen atoms in total. The third-order valence-corrected chi connectivity index (χ3v) is 4.34. The number of aliphatic hydroxyl groups is 1. The number of aliphatic hydroxyl groups excluding tert-OH is 1. The summed E-state index contributed by atoms with van der Waals surface area (Å²) in [5.74, 6) is 0. The van der Waals surface area contributed by atoms with Crippen molar-refractivity contribution in [2.45, 2.75) is 19.4 Å². The van der Waals surface area contributed by atoms with E-state index in [1.807, 2.05) is 13.0 Å². The minimum atomic E-state index is -0.202. The lowest BCUT2D eigenvalue weighted by Crippen LogP contribution is -2.22. The topological polar surface area (TPSA) is 36.4 Å². The Morgan fingerprint density at radius 2 is 2.27 bits per heavy atom. The molecule has 0 spiro atoms. The number of aromatic nitrogens is 1. The fourth-order valence-corrected chi connectivity index (χ4v) is 2.51. The summed E-state index contributed by atoms with van der Waals surface area (Å²) in [5.41, 5.74) is 2.08. The summed E-state index contributed by atoms with van der Waals surface area (Å²) < 4.78 is 1.77. The standard InChI is InChI=1S/C10H12Br2N2O/c1-6-9(4-8(11)10(12)13-6)14-3-2-7(15)5-14/h4,7,15H,2-3,5H2,1H3/t7-/m0/s1. The van der Waals surface area contributed by atoms with Gasteiger partial charge in [-0.15, -0.1) is 0 Å². The maximum absolute atomic E-state index is 9.49. The Labute approximate surface area is 106 Å². The minimum absolute atomic E-state index is 0.202. The number of rotatable bonds is 1. The summed E-state index contributed by atoms with van der Waals surface area (Å²) in [6.07, 6.45) is 0.638. The number of anilines is 1. The predicted octanol–water partition coefficient (Wildman–Crippen LogP) is 2.49. The lowest BCUT2D eigenvalue weighted by molar-refractivity contribution is 0.198. The van der Waals surface area contributed by atoms with Gasteiger partial charge in [-0.05, 0) is 51.3 Å². The molecule has 1 atom stereocenters. The van der Waals surface area contributed by atoms with Crippen molar-refractivity contribution in [2.24, 2.45) is 0 Å². The van der Waals surface area contributed by atoms with E-state index < -0.39 is 0 Å². The zero-order valence-electron chi connectivity index (χ0n) is 8.37. The van der Waals surface area contributed by atoms with Crippen LogP contribution in [0.15, 0.2) is 15.1 Å². The molecule has 15 heavy (non-hydrogen) atoms. The molecule has 1 saturated heterocycles. The summed E-state index contributed by atoms with van der Waals surface area (Å²) in [6.45, 7) is 3.59. The molecule has 1 aliphatic rings. The SMILES string of the molecule is Cc1nc(Br)c(Br)cc1N1CC[C@H](O)C1. The van der Waals surface area contributed by atoms with Gasteiger partial charge in [0.25, 0.3) is 0 Å². The lowest BCUT2D eigenvalue weighted by Gasteiger charge is -2.20.